The van der Waals surface area contributed by atoms with E-state index in [0.29, 0.717) is 13.2 Å². The Morgan fingerprint density at radius 1 is 1.26 bits per heavy atom. The first-order valence-corrected chi connectivity index (χ1v) is 7.21. The van der Waals surface area contributed by atoms with Crippen molar-refractivity contribution in [2.24, 2.45) is 5.92 Å². The minimum absolute atomic E-state index is 0.0917. The predicted molar refractivity (Wildman–Crippen MR) is 78.8 cm³/mol. The molecule has 19 heavy (non-hydrogen) atoms. The van der Waals surface area contributed by atoms with E-state index in [1.54, 1.807) is 0 Å². The van der Waals surface area contributed by atoms with Crippen molar-refractivity contribution < 1.29 is 9.13 Å². The quantitative estimate of drug-likeness (QED) is 0.430. The molecule has 0 spiro atoms. The SMILES string of the molecule is CCCC[C@@H](/C=C/CCOCc1ccccc1)CF. The van der Waals surface area contributed by atoms with Gasteiger partial charge in [-0.15, -0.1) is 0 Å². The fourth-order valence-electron chi connectivity index (χ4n) is 1.90. The zero-order chi connectivity index (χ0) is 13.8. The topological polar surface area (TPSA) is 9.23 Å². The summed E-state index contributed by atoms with van der Waals surface area (Å²) in [4.78, 5) is 0. The van der Waals surface area contributed by atoms with E-state index >= 15 is 0 Å². The highest BCUT2D eigenvalue weighted by Crippen LogP contribution is 2.11. The molecule has 0 N–H and O–H groups in total. The van der Waals surface area contributed by atoms with Gasteiger partial charge in [-0.2, -0.15) is 0 Å². The molecule has 106 valence electrons. The molecule has 2 heteroatoms. The molecule has 0 unspecified atom stereocenters. The van der Waals surface area contributed by atoms with Gasteiger partial charge in [0.2, 0.25) is 0 Å². The third-order valence-electron chi connectivity index (χ3n) is 3.08. The van der Waals surface area contributed by atoms with Crippen molar-refractivity contribution in [3.05, 3.63) is 48.0 Å². The van der Waals surface area contributed by atoms with Crippen molar-refractivity contribution in [3.8, 4) is 0 Å². The summed E-state index contributed by atoms with van der Waals surface area (Å²) in [7, 11) is 0. The smallest absolute Gasteiger partial charge is 0.0956 e. The van der Waals surface area contributed by atoms with Gasteiger partial charge in [-0.3, -0.25) is 4.39 Å². The van der Waals surface area contributed by atoms with Gasteiger partial charge in [0.15, 0.2) is 0 Å². The van der Waals surface area contributed by atoms with Crippen LogP contribution in [0.1, 0.15) is 38.2 Å². The molecule has 0 bridgehead atoms. The van der Waals surface area contributed by atoms with Gasteiger partial charge >= 0.3 is 0 Å². The Hall–Kier alpha value is -1.15. The van der Waals surface area contributed by atoms with Crippen LogP contribution < -0.4 is 0 Å². The van der Waals surface area contributed by atoms with Crippen LogP contribution in [0, 0.1) is 5.92 Å². The molecular formula is C17H25FO. The maximum Gasteiger partial charge on any atom is 0.0956 e. The van der Waals surface area contributed by atoms with Gasteiger partial charge < -0.3 is 4.74 Å². The van der Waals surface area contributed by atoms with Crippen molar-refractivity contribution in [1.29, 1.82) is 0 Å². The zero-order valence-electron chi connectivity index (χ0n) is 11.9. The van der Waals surface area contributed by atoms with Crippen LogP contribution in [0.25, 0.3) is 0 Å². The van der Waals surface area contributed by atoms with E-state index in [1.807, 2.05) is 30.4 Å². The van der Waals surface area contributed by atoms with Crippen LogP contribution >= 0.6 is 0 Å². The number of ether oxygens (including phenoxy) is 1. The lowest BCUT2D eigenvalue weighted by molar-refractivity contribution is 0.125. The Labute approximate surface area is 116 Å². The van der Waals surface area contributed by atoms with E-state index < -0.39 is 0 Å². The molecule has 0 saturated heterocycles. The minimum atomic E-state index is -0.249. The molecule has 0 heterocycles. The Balaban J connectivity index is 2.09. The van der Waals surface area contributed by atoms with Gasteiger partial charge in [0, 0.05) is 5.92 Å². The van der Waals surface area contributed by atoms with Crippen LogP contribution in [-0.2, 0) is 11.3 Å². The average molecular weight is 264 g/mol. The highest BCUT2D eigenvalue weighted by Gasteiger charge is 2.02. The van der Waals surface area contributed by atoms with E-state index in [0.717, 1.165) is 25.7 Å². The van der Waals surface area contributed by atoms with Gasteiger partial charge in [-0.25, -0.2) is 0 Å². The Morgan fingerprint density at radius 3 is 2.74 bits per heavy atom. The Bertz CT molecular complexity index is 334. The number of benzene rings is 1. The third kappa shape index (κ3) is 7.78. The van der Waals surface area contributed by atoms with Gasteiger partial charge in [0.1, 0.15) is 0 Å². The minimum Gasteiger partial charge on any atom is -0.376 e. The van der Waals surface area contributed by atoms with Crippen molar-refractivity contribution in [2.75, 3.05) is 13.3 Å². The predicted octanol–water partition coefficient (Wildman–Crippen LogP) is 4.93. The average Bonchev–Trinajstić information content (AvgIpc) is 2.47. The number of unbranched alkanes of at least 4 members (excludes halogenated alkanes) is 1. The summed E-state index contributed by atoms with van der Waals surface area (Å²) in [5.41, 5.74) is 1.19. The molecule has 0 radical (unpaired) electrons. The first-order chi connectivity index (χ1) is 9.36. The van der Waals surface area contributed by atoms with E-state index in [9.17, 15) is 4.39 Å². The van der Waals surface area contributed by atoms with Crippen LogP contribution in [0.5, 0.6) is 0 Å². The normalized spacial score (nSPS) is 12.9. The number of halogens is 1. The van der Waals surface area contributed by atoms with Crippen molar-refractivity contribution in [1.82, 2.24) is 0 Å². The number of alkyl halides is 1. The molecule has 1 rings (SSSR count). The molecule has 0 aromatic heterocycles. The first kappa shape index (κ1) is 15.9. The molecule has 0 fully saturated rings. The van der Waals surface area contributed by atoms with Crippen molar-refractivity contribution in [3.63, 3.8) is 0 Å². The maximum absolute atomic E-state index is 12.7. The lowest BCUT2D eigenvalue weighted by Crippen LogP contribution is -1.99. The van der Waals surface area contributed by atoms with Crippen LogP contribution in [0.2, 0.25) is 0 Å². The Morgan fingerprint density at radius 2 is 2.05 bits per heavy atom. The number of allylic oxidation sites excluding steroid dienone is 1. The molecular weight excluding hydrogens is 239 g/mol. The van der Waals surface area contributed by atoms with Gasteiger partial charge in [0.05, 0.1) is 19.9 Å². The molecule has 1 aromatic rings. The second-order valence-corrected chi connectivity index (χ2v) is 4.81. The van der Waals surface area contributed by atoms with E-state index in [-0.39, 0.29) is 12.6 Å². The summed E-state index contributed by atoms with van der Waals surface area (Å²) in [5, 5.41) is 0. The molecule has 0 amide bonds. The summed E-state index contributed by atoms with van der Waals surface area (Å²) in [6.45, 7) is 3.23. The first-order valence-electron chi connectivity index (χ1n) is 7.21. The molecule has 0 saturated carbocycles. The standard InChI is InChI=1S/C17H25FO/c1-2-3-9-16(14-18)10-7-8-13-19-15-17-11-5-4-6-12-17/h4-7,10-12,16H,2-3,8-9,13-15H2,1H3/b10-7+/t16-/m0/s1. The highest BCUT2D eigenvalue weighted by atomic mass is 19.1. The van der Waals surface area contributed by atoms with Crippen LogP contribution in [0.15, 0.2) is 42.5 Å². The van der Waals surface area contributed by atoms with Gasteiger partial charge in [0.25, 0.3) is 0 Å². The molecule has 1 aromatic carbocycles. The van der Waals surface area contributed by atoms with Crippen LogP contribution in [-0.4, -0.2) is 13.3 Å². The molecule has 0 aliphatic carbocycles. The summed E-state index contributed by atoms with van der Waals surface area (Å²) in [6.07, 6.45) is 8.09. The van der Waals surface area contributed by atoms with Gasteiger partial charge in [-0.1, -0.05) is 62.2 Å². The second kappa shape index (κ2) is 10.7. The molecule has 0 aliphatic heterocycles. The lowest BCUT2D eigenvalue weighted by Gasteiger charge is -2.06. The summed E-state index contributed by atoms with van der Waals surface area (Å²) in [5.74, 6) is 0.0917. The van der Waals surface area contributed by atoms with Crippen molar-refractivity contribution in [2.45, 2.75) is 39.2 Å². The largest absolute Gasteiger partial charge is 0.376 e. The second-order valence-electron chi connectivity index (χ2n) is 4.81. The monoisotopic (exact) mass is 264 g/mol. The third-order valence-corrected chi connectivity index (χ3v) is 3.08. The summed E-state index contributed by atoms with van der Waals surface area (Å²) < 4.78 is 18.3. The van der Waals surface area contributed by atoms with E-state index in [2.05, 4.69) is 19.1 Å². The van der Waals surface area contributed by atoms with E-state index in [1.165, 1.54) is 5.56 Å². The highest BCUT2D eigenvalue weighted by molar-refractivity contribution is 5.13. The molecule has 1 nitrogen and oxygen atoms in total. The maximum atomic E-state index is 12.7. The van der Waals surface area contributed by atoms with Crippen LogP contribution in [0.3, 0.4) is 0 Å². The molecule has 1 atom stereocenters. The fraction of sp³-hybridized carbons (Fsp3) is 0.529. The van der Waals surface area contributed by atoms with Crippen molar-refractivity contribution >= 4 is 0 Å². The van der Waals surface area contributed by atoms with E-state index in [4.69, 9.17) is 4.74 Å². The van der Waals surface area contributed by atoms with Gasteiger partial charge in [-0.05, 0) is 18.4 Å². The number of hydrogen-bond donors (Lipinski definition) is 0. The summed E-state index contributed by atoms with van der Waals surface area (Å²) >= 11 is 0. The Kier molecular flexibility index (Phi) is 8.99. The fourth-order valence-corrected chi connectivity index (χ4v) is 1.90. The zero-order valence-corrected chi connectivity index (χ0v) is 11.9. The van der Waals surface area contributed by atoms with Crippen LogP contribution in [0.4, 0.5) is 4.39 Å². The summed E-state index contributed by atoms with van der Waals surface area (Å²) in [6, 6.07) is 10.1. The number of rotatable bonds is 10. The number of hydrogen-bond acceptors (Lipinski definition) is 1. The lowest BCUT2D eigenvalue weighted by atomic mass is 10.0. The molecule has 0 aliphatic rings.